The van der Waals surface area contributed by atoms with Crippen LogP contribution in [0.4, 0.5) is 0 Å². The number of hydrogen-bond acceptors (Lipinski definition) is 8. The summed E-state index contributed by atoms with van der Waals surface area (Å²) in [6, 6.07) is -4.21. The normalized spacial score (nSPS) is 21.1. The number of aliphatic hydroxyl groups excluding tert-OH is 2. The van der Waals surface area contributed by atoms with Crippen LogP contribution in [-0.2, 0) is 28.7 Å². The fourth-order valence-corrected chi connectivity index (χ4v) is 4.32. The summed E-state index contributed by atoms with van der Waals surface area (Å²) < 4.78 is 5.15. The second kappa shape index (κ2) is 15.3. The van der Waals surface area contributed by atoms with Crippen LogP contribution in [0.3, 0.4) is 0 Å². The number of amides is 4. The van der Waals surface area contributed by atoms with Crippen LogP contribution in [-0.4, -0.2) is 101 Å². The molecule has 1 rings (SSSR count). The number of nitrogens with zero attached hydrogens (tertiary/aromatic N) is 1. The lowest BCUT2D eigenvalue weighted by molar-refractivity contribution is -0.141. The van der Waals surface area contributed by atoms with Gasteiger partial charge in [0.2, 0.25) is 23.6 Å². The first-order valence-electron chi connectivity index (χ1n) is 13.7. The van der Waals surface area contributed by atoms with E-state index in [-0.39, 0.29) is 36.7 Å². The zero-order valence-electron chi connectivity index (χ0n) is 24.6. The largest absolute Gasteiger partial charge is 0.394 e. The van der Waals surface area contributed by atoms with Gasteiger partial charge in [-0.2, -0.15) is 0 Å². The Balaban J connectivity index is 3.08. The molecule has 12 nitrogen and oxygen atoms in total. The first-order valence-corrected chi connectivity index (χ1v) is 13.7. The highest BCUT2D eigenvalue weighted by Crippen LogP contribution is 2.30. The molecule has 5 N–H and O–H groups in total. The Morgan fingerprint density at radius 2 is 1.41 bits per heavy atom. The summed E-state index contributed by atoms with van der Waals surface area (Å²) in [5.74, 6) is -3.19. The zero-order valence-corrected chi connectivity index (χ0v) is 24.6. The monoisotopic (exact) mass is 556 g/mol. The number of nitrogens with one attached hydrogen (secondary N) is 3. The molecule has 1 aliphatic rings. The molecule has 1 aliphatic heterocycles. The summed E-state index contributed by atoms with van der Waals surface area (Å²) in [7, 11) is 1.53. The maximum Gasteiger partial charge on any atom is 0.245 e. The smallest absolute Gasteiger partial charge is 0.245 e. The molecule has 0 saturated carbocycles. The Bertz CT molecular complexity index is 876. The molecule has 224 valence electrons. The van der Waals surface area contributed by atoms with Gasteiger partial charge < -0.3 is 35.8 Å². The molecule has 0 aliphatic carbocycles. The van der Waals surface area contributed by atoms with Gasteiger partial charge in [0.05, 0.1) is 25.9 Å². The number of hydrogen-bond donors (Lipinski definition) is 5. The van der Waals surface area contributed by atoms with Crippen molar-refractivity contribution in [3.63, 3.8) is 0 Å². The van der Waals surface area contributed by atoms with Gasteiger partial charge in [-0.25, -0.2) is 0 Å². The van der Waals surface area contributed by atoms with Gasteiger partial charge in [0.15, 0.2) is 11.4 Å². The van der Waals surface area contributed by atoms with E-state index >= 15 is 0 Å². The van der Waals surface area contributed by atoms with Crippen molar-refractivity contribution in [1.82, 2.24) is 20.9 Å². The lowest BCUT2D eigenvalue weighted by Crippen LogP contribution is -2.61. The van der Waals surface area contributed by atoms with Crippen molar-refractivity contribution < 1.29 is 38.9 Å². The molecule has 7 atom stereocenters. The average Bonchev–Trinajstić information content (AvgIpc) is 3.69. The molecular formula is C27H48N4O8. The van der Waals surface area contributed by atoms with Crippen LogP contribution < -0.4 is 16.0 Å². The maximum absolute atomic E-state index is 13.3. The molecule has 39 heavy (non-hydrogen) atoms. The first-order chi connectivity index (χ1) is 18.2. The fraction of sp³-hybridized carbons (Fsp3) is 0.815. The quantitative estimate of drug-likeness (QED) is 0.152. The molecule has 0 unspecified atom stereocenters. The molecule has 4 amide bonds. The van der Waals surface area contributed by atoms with Gasteiger partial charge in [-0.1, -0.05) is 54.4 Å². The van der Waals surface area contributed by atoms with E-state index in [2.05, 4.69) is 16.0 Å². The Kier molecular flexibility index (Phi) is 13.5. The van der Waals surface area contributed by atoms with Crippen LogP contribution in [0.15, 0.2) is 0 Å². The van der Waals surface area contributed by atoms with Crippen molar-refractivity contribution in [3.05, 3.63) is 0 Å². The summed E-state index contributed by atoms with van der Waals surface area (Å²) in [5, 5.41) is 27.3. The predicted molar refractivity (Wildman–Crippen MR) is 144 cm³/mol. The summed E-state index contributed by atoms with van der Waals surface area (Å²) >= 11 is 0. The topological polar surface area (TPSA) is 178 Å². The first kappa shape index (κ1) is 34.5. The van der Waals surface area contributed by atoms with E-state index in [4.69, 9.17) is 4.74 Å². The van der Waals surface area contributed by atoms with Crippen molar-refractivity contribution >= 4 is 29.4 Å². The highest BCUT2D eigenvalue weighted by atomic mass is 16.6. The van der Waals surface area contributed by atoms with E-state index in [0.29, 0.717) is 12.8 Å². The van der Waals surface area contributed by atoms with Crippen molar-refractivity contribution in [3.8, 4) is 0 Å². The molecule has 0 radical (unpaired) electrons. The summed E-state index contributed by atoms with van der Waals surface area (Å²) in [4.78, 5) is 65.9. The molecule has 1 saturated heterocycles. The highest BCUT2D eigenvalue weighted by Gasteiger charge is 2.54. The molecule has 0 spiro atoms. The van der Waals surface area contributed by atoms with Crippen LogP contribution in [0.1, 0.15) is 67.7 Å². The average molecular weight is 557 g/mol. The summed E-state index contributed by atoms with van der Waals surface area (Å²) in [6.07, 6.45) is 1.43. The number of carbonyl (C=O) groups excluding carboxylic acids is 5. The second-order valence-electron chi connectivity index (χ2n) is 11.1. The Hall–Kier alpha value is -2.57. The third kappa shape index (κ3) is 9.25. The van der Waals surface area contributed by atoms with Gasteiger partial charge in [-0.15, -0.1) is 0 Å². The summed E-state index contributed by atoms with van der Waals surface area (Å²) in [6.45, 7) is 11.3. The number of ketones is 1. The van der Waals surface area contributed by atoms with Crippen molar-refractivity contribution in [2.75, 3.05) is 26.9 Å². The van der Waals surface area contributed by atoms with Crippen LogP contribution in [0, 0.1) is 17.8 Å². The maximum atomic E-state index is 13.3. The number of epoxide rings is 1. The fourth-order valence-electron chi connectivity index (χ4n) is 4.32. The molecule has 1 fully saturated rings. The Morgan fingerprint density at radius 1 is 0.872 bits per heavy atom. The number of carbonyl (C=O) groups is 5. The minimum Gasteiger partial charge on any atom is -0.394 e. The standard InChI is InChI=1S/C27H48N4O8/c1-9-16(5)21(30-26(38)22(17(6)10-2)31(8)18(7)34)25(37)29-20(12-32)24(36)28-19(11-15(3)4)23(35)27(13-33)14-39-27/h15-17,19-22,32-33H,9-14H2,1-8H3,(H,28,36)(H,29,37)(H,30,38)/t16-,17-,19-,20-,21-,22-,27+/m0/s1. The molecule has 1 heterocycles. The SMILES string of the molecule is CC[C@H](C)[C@H](NC(=O)[C@H]([C@@H](C)CC)N(C)C(C)=O)C(=O)N[C@@H](CO)C(=O)N[C@@H](CC(C)C)C(=O)[C@@]1(CO)CO1. The molecule has 0 bridgehead atoms. The minimum absolute atomic E-state index is 0.0208. The second-order valence-corrected chi connectivity index (χ2v) is 11.1. The lowest BCUT2D eigenvalue weighted by Gasteiger charge is -2.33. The number of likely N-dealkylation sites (N-methyl/N-ethyl adjacent to an activating group) is 1. The lowest BCUT2D eigenvalue weighted by atomic mass is 9.92. The molecule has 0 aromatic rings. The van der Waals surface area contributed by atoms with Crippen LogP contribution >= 0.6 is 0 Å². The van der Waals surface area contributed by atoms with E-state index in [1.54, 1.807) is 6.92 Å². The minimum atomic E-state index is -1.39. The molecule has 12 heteroatoms. The van der Waals surface area contributed by atoms with Gasteiger partial charge >= 0.3 is 0 Å². The number of rotatable bonds is 17. The van der Waals surface area contributed by atoms with Gasteiger partial charge in [0.25, 0.3) is 0 Å². The third-order valence-corrected chi connectivity index (χ3v) is 7.51. The van der Waals surface area contributed by atoms with E-state index < -0.39 is 66.5 Å². The number of Topliss-reactive ketones (excluding diaryl/α,β-unsaturated/α-hetero) is 1. The third-order valence-electron chi connectivity index (χ3n) is 7.51. The number of ether oxygens (including phenoxy) is 1. The van der Waals surface area contributed by atoms with E-state index in [9.17, 15) is 34.2 Å². The summed E-state index contributed by atoms with van der Waals surface area (Å²) in [5.41, 5.74) is -1.34. The zero-order chi connectivity index (χ0) is 30.1. The van der Waals surface area contributed by atoms with Crippen LogP contribution in [0.2, 0.25) is 0 Å². The van der Waals surface area contributed by atoms with E-state index in [1.807, 2.05) is 34.6 Å². The van der Waals surface area contributed by atoms with Gasteiger partial charge in [-0.3, -0.25) is 24.0 Å². The van der Waals surface area contributed by atoms with Gasteiger partial charge in [-0.05, 0) is 24.2 Å². The Morgan fingerprint density at radius 3 is 1.82 bits per heavy atom. The van der Waals surface area contributed by atoms with Crippen molar-refractivity contribution in [2.45, 2.75) is 97.5 Å². The molecular weight excluding hydrogens is 508 g/mol. The predicted octanol–water partition coefficient (Wildman–Crippen LogP) is -0.251. The number of aliphatic hydroxyl groups is 2. The van der Waals surface area contributed by atoms with Gasteiger partial charge in [0.1, 0.15) is 18.1 Å². The van der Waals surface area contributed by atoms with Crippen LogP contribution in [0.25, 0.3) is 0 Å². The van der Waals surface area contributed by atoms with Crippen LogP contribution in [0.5, 0.6) is 0 Å². The molecule has 0 aromatic heterocycles. The molecule has 0 aromatic carbocycles. The van der Waals surface area contributed by atoms with E-state index in [0.717, 1.165) is 0 Å². The highest BCUT2D eigenvalue weighted by molar-refractivity contribution is 5.99. The Labute approximate surface area is 231 Å². The van der Waals surface area contributed by atoms with Crippen molar-refractivity contribution in [1.29, 1.82) is 0 Å². The van der Waals surface area contributed by atoms with E-state index in [1.165, 1.54) is 18.9 Å². The van der Waals surface area contributed by atoms with Gasteiger partial charge in [0, 0.05) is 14.0 Å². The van der Waals surface area contributed by atoms with Crippen molar-refractivity contribution in [2.24, 2.45) is 17.8 Å².